The van der Waals surface area contributed by atoms with E-state index < -0.39 is 23.6 Å². The standard InChI is InChI=1S/C22H13F3N2O3S2/c23-22(24,25)13-5-4-6-14(11-13)27-20(29)17(19(28)26-21(27)31)12-15-9-10-18(30-15)32-16-7-2-1-3-8-16/h1-12H,(H,26,28,31)/b17-12+. The summed E-state index contributed by atoms with van der Waals surface area (Å²) in [5.74, 6) is -1.39. The van der Waals surface area contributed by atoms with E-state index in [0.29, 0.717) is 5.09 Å². The monoisotopic (exact) mass is 474 g/mol. The largest absolute Gasteiger partial charge is 0.450 e. The molecule has 1 aliphatic rings. The molecule has 2 amide bonds. The van der Waals surface area contributed by atoms with Gasteiger partial charge in [-0.25, -0.2) is 0 Å². The minimum atomic E-state index is -4.60. The molecule has 0 saturated carbocycles. The first-order chi connectivity index (χ1) is 15.2. The van der Waals surface area contributed by atoms with Gasteiger partial charge < -0.3 is 4.42 Å². The maximum absolute atomic E-state index is 13.1. The third-order valence-electron chi connectivity index (χ3n) is 4.38. The van der Waals surface area contributed by atoms with Gasteiger partial charge in [0.25, 0.3) is 11.8 Å². The zero-order valence-electron chi connectivity index (χ0n) is 16.1. The maximum atomic E-state index is 13.1. The van der Waals surface area contributed by atoms with Crippen molar-refractivity contribution in [1.29, 1.82) is 0 Å². The quantitative estimate of drug-likeness (QED) is 0.317. The number of hydrogen-bond donors (Lipinski definition) is 1. The first-order valence-electron chi connectivity index (χ1n) is 9.14. The van der Waals surface area contributed by atoms with Gasteiger partial charge in [-0.1, -0.05) is 36.0 Å². The topological polar surface area (TPSA) is 62.6 Å². The van der Waals surface area contributed by atoms with Crippen LogP contribution >= 0.6 is 24.0 Å². The van der Waals surface area contributed by atoms with Crippen LogP contribution in [0.15, 0.2) is 86.7 Å². The molecule has 4 rings (SSSR count). The summed E-state index contributed by atoms with van der Waals surface area (Å²) < 4.78 is 44.9. The van der Waals surface area contributed by atoms with Crippen LogP contribution in [-0.4, -0.2) is 16.9 Å². The van der Waals surface area contributed by atoms with Crippen molar-refractivity contribution in [3.63, 3.8) is 0 Å². The fourth-order valence-corrected chi connectivity index (χ4v) is 4.01. The Morgan fingerprint density at radius 2 is 1.75 bits per heavy atom. The van der Waals surface area contributed by atoms with E-state index in [9.17, 15) is 22.8 Å². The van der Waals surface area contributed by atoms with Gasteiger partial charge in [0.1, 0.15) is 11.3 Å². The summed E-state index contributed by atoms with van der Waals surface area (Å²) in [5.41, 5.74) is -1.37. The number of hydrogen-bond acceptors (Lipinski definition) is 5. The number of carbonyl (C=O) groups is 2. The Labute approximate surface area is 189 Å². The lowest BCUT2D eigenvalue weighted by Gasteiger charge is -2.29. The number of halogens is 3. The van der Waals surface area contributed by atoms with Gasteiger partial charge in [-0.3, -0.25) is 19.8 Å². The fourth-order valence-electron chi connectivity index (χ4n) is 2.93. The van der Waals surface area contributed by atoms with Gasteiger partial charge in [-0.2, -0.15) is 13.2 Å². The number of amides is 2. The third kappa shape index (κ3) is 4.61. The van der Waals surface area contributed by atoms with E-state index in [4.69, 9.17) is 16.6 Å². The summed E-state index contributed by atoms with van der Waals surface area (Å²) in [5, 5.41) is 2.56. The van der Waals surface area contributed by atoms with Crippen LogP contribution in [0, 0.1) is 0 Å². The first kappa shape index (κ1) is 21.8. The van der Waals surface area contributed by atoms with E-state index in [0.717, 1.165) is 28.0 Å². The molecule has 0 atom stereocenters. The number of benzene rings is 2. The molecule has 1 N–H and O–H groups in total. The van der Waals surface area contributed by atoms with Crippen LogP contribution in [0.2, 0.25) is 0 Å². The SMILES string of the molecule is O=C1NC(=S)N(c2cccc(C(F)(F)F)c2)C(=O)/C1=C/c1ccc(Sc2ccccc2)o1. The van der Waals surface area contributed by atoms with E-state index >= 15 is 0 Å². The Morgan fingerprint density at radius 3 is 2.47 bits per heavy atom. The fraction of sp³-hybridized carbons (Fsp3) is 0.0455. The number of nitrogens with zero attached hydrogens (tertiary/aromatic N) is 1. The molecule has 32 heavy (non-hydrogen) atoms. The van der Waals surface area contributed by atoms with Gasteiger partial charge in [0, 0.05) is 4.90 Å². The molecule has 1 fully saturated rings. The highest BCUT2D eigenvalue weighted by Crippen LogP contribution is 2.33. The van der Waals surface area contributed by atoms with Crippen molar-refractivity contribution in [1.82, 2.24) is 5.32 Å². The summed E-state index contributed by atoms with van der Waals surface area (Å²) >= 11 is 6.39. The van der Waals surface area contributed by atoms with Crippen LogP contribution in [0.3, 0.4) is 0 Å². The van der Waals surface area contributed by atoms with Crippen molar-refractivity contribution < 1.29 is 27.2 Å². The minimum absolute atomic E-state index is 0.111. The Hall–Kier alpha value is -3.37. The van der Waals surface area contributed by atoms with Crippen LogP contribution < -0.4 is 10.2 Å². The zero-order chi connectivity index (χ0) is 22.9. The molecular formula is C22H13F3N2O3S2. The van der Waals surface area contributed by atoms with Gasteiger partial charge in [0.05, 0.1) is 11.3 Å². The van der Waals surface area contributed by atoms with Crippen LogP contribution in [0.1, 0.15) is 11.3 Å². The molecule has 0 unspecified atom stereocenters. The molecule has 3 aromatic rings. The molecule has 1 aromatic heterocycles. The first-order valence-corrected chi connectivity index (χ1v) is 10.4. The summed E-state index contributed by atoms with van der Waals surface area (Å²) in [6.07, 6.45) is -3.37. The summed E-state index contributed by atoms with van der Waals surface area (Å²) in [6.45, 7) is 0. The number of anilines is 1. The van der Waals surface area contributed by atoms with E-state index in [1.54, 1.807) is 12.1 Å². The highest BCUT2D eigenvalue weighted by atomic mass is 32.2. The molecule has 2 aromatic carbocycles. The second kappa shape index (κ2) is 8.64. The van der Waals surface area contributed by atoms with Crippen molar-refractivity contribution in [3.8, 4) is 0 Å². The summed E-state index contributed by atoms with van der Waals surface area (Å²) in [7, 11) is 0. The molecule has 0 spiro atoms. The molecule has 5 nitrogen and oxygen atoms in total. The lowest BCUT2D eigenvalue weighted by molar-refractivity contribution is -0.137. The highest BCUT2D eigenvalue weighted by Gasteiger charge is 2.36. The Bertz CT molecular complexity index is 1240. The predicted molar refractivity (Wildman–Crippen MR) is 117 cm³/mol. The van der Waals surface area contributed by atoms with Crippen molar-refractivity contribution in [2.45, 2.75) is 16.2 Å². The summed E-state index contributed by atoms with van der Waals surface area (Å²) in [6, 6.07) is 16.8. The highest BCUT2D eigenvalue weighted by molar-refractivity contribution is 7.99. The molecule has 1 saturated heterocycles. The number of carbonyl (C=O) groups excluding carboxylic acids is 2. The average molecular weight is 474 g/mol. The second-order valence-electron chi connectivity index (χ2n) is 6.58. The molecule has 1 aliphatic heterocycles. The molecule has 0 bridgehead atoms. The van der Waals surface area contributed by atoms with Gasteiger partial charge in [-0.15, -0.1) is 0 Å². The van der Waals surface area contributed by atoms with Crippen molar-refractivity contribution in [3.05, 3.63) is 83.6 Å². The smallest absolute Gasteiger partial charge is 0.416 e. The van der Waals surface area contributed by atoms with Crippen molar-refractivity contribution in [2.24, 2.45) is 0 Å². The summed E-state index contributed by atoms with van der Waals surface area (Å²) in [4.78, 5) is 27.2. The van der Waals surface area contributed by atoms with Crippen molar-refractivity contribution >= 4 is 52.7 Å². The van der Waals surface area contributed by atoms with Gasteiger partial charge in [-0.05, 0) is 60.8 Å². The second-order valence-corrected chi connectivity index (χ2v) is 8.04. The normalized spacial score (nSPS) is 15.9. The Kier molecular flexibility index (Phi) is 5.90. The number of rotatable bonds is 4. The zero-order valence-corrected chi connectivity index (χ0v) is 17.7. The Balaban J connectivity index is 1.62. The average Bonchev–Trinajstić information content (AvgIpc) is 3.18. The maximum Gasteiger partial charge on any atom is 0.416 e. The molecule has 0 aliphatic carbocycles. The van der Waals surface area contributed by atoms with Crippen LogP contribution in [-0.2, 0) is 15.8 Å². The minimum Gasteiger partial charge on any atom is -0.450 e. The Morgan fingerprint density at radius 1 is 1.00 bits per heavy atom. The molecule has 2 heterocycles. The van der Waals surface area contributed by atoms with E-state index in [1.165, 1.54) is 23.9 Å². The van der Waals surface area contributed by atoms with E-state index in [-0.39, 0.29) is 22.1 Å². The van der Waals surface area contributed by atoms with Gasteiger partial charge in [0.2, 0.25) is 0 Å². The number of nitrogens with one attached hydrogen (secondary N) is 1. The van der Waals surface area contributed by atoms with E-state index in [2.05, 4.69) is 5.32 Å². The molecular weight excluding hydrogens is 461 g/mol. The third-order valence-corrected chi connectivity index (χ3v) is 5.60. The van der Waals surface area contributed by atoms with Crippen LogP contribution in [0.25, 0.3) is 6.08 Å². The van der Waals surface area contributed by atoms with Crippen LogP contribution in [0.4, 0.5) is 18.9 Å². The molecule has 10 heteroatoms. The predicted octanol–water partition coefficient (Wildman–Crippen LogP) is 5.28. The van der Waals surface area contributed by atoms with Crippen LogP contribution in [0.5, 0.6) is 0 Å². The van der Waals surface area contributed by atoms with Gasteiger partial charge in [0.15, 0.2) is 10.2 Å². The van der Waals surface area contributed by atoms with E-state index in [1.807, 2.05) is 30.3 Å². The number of alkyl halides is 3. The van der Waals surface area contributed by atoms with Crippen molar-refractivity contribution in [2.75, 3.05) is 4.90 Å². The number of furan rings is 1. The lowest BCUT2D eigenvalue weighted by Crippen LogP contribution is -2.54. The molecule has 0 radical (unpaired) electrons. The van der Waals surface area contributed by atoms with Gasteiger partial charge >= 0.3 is 6.18 Å². The number of thiocarbonyl (C=S) groups is 1. The molecule has 162 valence electrons. The lowest BCUT2D eigenvalue weighted by atomic mass is 10.1.